The Kier molecular flexibility index (Phi) is 4.50. The van der Waals surface area contributed by atoms with Gasteiger partial charge in [0, 0.05) is 5.56 Å². The number of nitrogen functional groups attached to an aromatic ring is 1. The molecule has 6 nitrogen and oxygen atoms in total. The maximum Gasteiger partial charge on any atom is 0.325 e. The number of esters is 1. The highest BCUT2D eigenvalue weighted by molar-refractivity contribution is 5.75. The summed E-state index contributed by atoms with van der Waals surface area (Å²) in [4.78, 5) is 19.1. The zero-order chi connectivity index (χ0) is 12.0. The molecular formula is C10H16N4O2. The molecule has 0 saturated heterocycles. The van der Waals surface area contributed by atoms with Crippen molar-refractivity contribution < 1.29 is 9.53 Å². The van der Waals surface area contributed by atoms with Gasteiger partial charge in [0.15, 0.2) is 0 Å². The van der Waals surface area contributed by atoms with E-state index in [1.807, 2.05) is 6.92 Å². The third kappa shape index (κ3) is 3.08. The Bertz CT molecular complexity index is 368. The molecule has 6 heteroatoms. The fourth-order valence-corrected chi connectivity index (χ4v) is 1.29. The van der Waals surface area contributed by atoms with Crippen molar-refractivity contribution >= 4 is 17.6 Å². The molecular weight excluding hydrogens is 208 g/mol. The first-order valence-electron chi connectivity index (χ1n) is 5.17. The zero-order valence-electron chi connectivity index (χ0n) is 9.49. The molecule has 0 aliphatic carbocycles. The second kappa shape index (κ2) is 5.89. The average molecular weight is 224 g/mol. The monoisotopic (exact) mass is 224 g/mol. The van der Waals surface area contributed by atoms with Crippen molar-refractivity contribution in [1.29, 1.82) is 0 Å². The summed E-state index contributed by atoms with van der Waals surface area (Å²) in [6.45, 7) is 4.16. The number of carbonyl (C=O) groups excluding carboxylic acids is 1. The lowest BCUT2D eigenvalue weighted by Gasteiger charge is -2.10. The molecule has 0 unspecified atom stereocenters. The van der Waals surface area contributed by atoms with Crippen LogP contribution in [0, 0.1) is 0 Å². The van der Waals surface area contributed by atoms with Gasteiger partial charge in [-0.1, -0.05) is 6.92 Å². The van der Waals surface area contributed by atoms with Crippen molar-refractivity contribution in [2.75, 3.05) is 24.2 Å². The Balaban J connectivity index is 2.66. The maximum absolute atomic E-state index is 11.1. The van der Waals surface area contributed by atoms with Crippen LogP contribution in [0.15, 0.2) is 6.33 Å². The normalized spacial score (nSPS) is 9.88. The van der Waals surface area contributed by atoms with E-state index in [1.54, 1.807) is 6.92 Å². The van der Waals surface area contributed by atoms with E-state index in [0.717, 1.165) is 5.56 Å². The molecule has 0 bridgehead atoms. The molecule has 0 fully saturated rings. The lowest BCUT2D eigenvalue weighted by molar-refractivity contribution is -0.140. The van der Waals surface area contributed by atoms with Crippen molar-refractivity contribution in [1.82, 2.24) is 9.97 Å². The molecule has 0 aliphatic rings. The van der Waals surface area contributed by atoms with Crippen LogP contribution in [0.4, 0.5) is 11.6 Å². The Hall–Kier alpha value is -1.85. The minimum absolute atomic E-state index is 0.0806. The van der Waals surface area contributed by atoms with Crippen LogP contribution in [-0.2, 0) is 16.0 Å². The lowest BCUT2D eigenvalue weighted by atomic mass is 10.2. The number of rotatable bonds is 5. The van der Waals surface area contributed by atoms with Gasteiger partial charge in [-0.15, -0.1) is 0 Å². The number of aromatic nitrogens is 2. The van der Waals surface area contributed by atoms with E-state index >= 15 is 0 Å². The number of anilines is 2. The number of hydrogen-bond donors (Lipinski definition) is 2. The van der Waals surface area contributed by atoms with Gasteiger partial charge in [0.1, 0.15) is 24.5 Å². The van der Waals surface area contributed by atoms with Crippen LogP contribution in [0.1, 0.15) is 19.4 Å². The SMILES string of the molecule is CCOC(=O)CNc1ncnc(N)c1CC. The molecule has 1 heterocycles. The van der Waals surface area contributed by atoms with Gasteiger partial charge in [-0.05, 0) is 13.3 Å². The minimum Gasteiger partial charge on any atom is -0.465 e. The van der Waals surface area contributed by atoms with E-state index in [0.29, 0.717) is 24.7 Å². The second-order valence-electron chi connectivity index (χ2n) is 3.10. The molecule has 16 heavy (non-hydrogen) atoms. The second-order valence-corrected chi connectivity index (χ2v) is 3.10. The Morgan fingerprint density at radius 2 is 2.25 bits per heavy atom. The first kappa shape index (κ1) is 12.2. The van der Waals surface area contributed by atoms with Gasteiger partial charge in [-0.3, -0.25) is 4.79 Å². The van der Waals surface area contributed by atoms with Crippen molar-refractivity contribution in [3.05, 3.63) is 11.9 Å². The molecule has 0 aliphatic heterocycles. The van der Waals surface area contributed by atoms with Gasteiger partial charge >= 0.3 is 5.97 Å². The Morgan fingerprint density at radius 3 is 2.88 bits per heavy atom. The van der Waals surface area contributed by atoms with Crippen molar-refractivity contribution in [3.8, 4) is 0 Å². The molecule has 88 valence electrons. The van der Waals surface area contributed by atoms with Crippen molar-refractivity contribution in [3.63, 3.8) is 0 Å². The molecule has 3 N–H and O–H groups in total. The Morgan fingerprint density at radius 1 is 1.50 bits per heavy atom. The largest absolute Gasteiger partial charge is 0.465 e. The number of carbonyl (C=O) groups is 1. The number of nitrogens with zero attached hydrogens (tertiary/aromatic N) is 2. The van der Waals surface area contributed by atoms with Gasteiger partial charge in [0.25, 0.3) is 0 Å². The summed E-state index contributed by atoms with van der Waals surface area (Å²) in [6, 6.07) is 0. The first-order valence-corrected chi connectivity index (χ1v) is 5.17. The van der Waals surface area contributed by atoms with Crippen LogP contribution in [0.3, 0.4) is 0 Å². The maximum atomic E-state index is 11.1. The lowest BCUT2D eigenvalue weighted by Crippen LogP contribution is -2.18. The van der Waals surface area contributed by atoms with Gasteiger partial charge in [0.2, 0.25) is 0 Å². The van der Waals surface area contributed by atoms with Crippen LogP contribution >= 0.6 is 0 Å². The summed E-state index contributed by atoms with van der Waals surface area (Å²) in [5, 5.41) is 2.88. The van der Waals surface area contributed by atoms with Crippen molar-refractivity contribution in [2.45, 2.75) is 20.3 Å². The van der Waals surface area contributed by atoms with Crippen LogP contribution < -0.4 is 11.1 Å². The fourth-order valence-electron chi connectivity index (χ4n) is 1.29. The van der Waals surface area contributed by atoms with Gasteiger partial charge in [-0.2, -0.15) is 0 Å². The van der Waals surface area contributed by atoms with Gasteiger partial charge < -0.3 is 15.8 Å². The quantitative estimate of drug-likeness (QED) is 0.712. The highest BCUT2D eigenvalue weighted by Gasteiger charge is 2.08. The van der Waals surface area contributed by atoms with Gasteiger partial charge in [-0.25, -0.2) is 9.97 Å². The molecule has 0 atom stereocenters. The number of hydrogen-bond acceptors (Lipinski definition) is 6. The minimum atomic E-state index is -0.318. The molecule has 1 aromatic rings. The summed E-state index contributed by atoms with van der Waals surface area (Å²) in [5.74, 6) is 0.702. The Labute approximate surface area is 94.2 Å². The molecule has 0 radical (unpaired) electrons. The van der Waals surface area contributed by atoms with Crippen LogP contribution in [0.25, 0.3) is 0 Å². The summed E-state index contributed by atoms with van der Waals surface area (Å²) in [6.07, 6.45) is 2.07. The number of nitrogens with one attached hydrogen (secondary N) is 1. The molecule has 0 amide bonds. The highest BCUT2D eigenvalue weighted by Crippen LogP contribution is 2.16. The summed E-state index contributed by atoms with van der Waals surface area (Å²) < 4.78 is 4.79. The van der Waals surface area contributed by atoms with E-state index in [-0.39, 0.29) is 12.5 Å². The van der Waals surface area contributed by atoms with E-state index in [1.165, 1.54) is 6.33 Å². The highest BCUT2D eigenvalue weighted by atomic mass is 16.5. The zero-order valence-corrected chi connectivity index (χ0v) is 9.49. The van der Waals surface area contributed by atoms with E-state index in [2.05, 4.69) is 15.3 Å². The average Bonchev–Trinajstić information content (AvgIpc) is 2.27. The van der Waals surface area contributed by atoms with Crippen LogP contribution in [0.2, 0.25) is 0 Å². The van der Waals surface area contributed by atoms with Crippen LogP contribution in [-0.4, -0.2) is 29.1 Å². The summed E-state index contributed by atoms with van der Waals surface area (Å²) in [7, 11) is 0. The molecule has 0 spiro atoms. The van der Waals surface area contributed by atoms with E-state index < -0.39 is 0 Å². The molecule has 0 aromatic carbocycles. The standard InChI is InChI=1S/C10H16N4O2/c1-3-7-9(11)13-6-14-10(7)12-5-8(15)16-4-2/h6H,3-5H2,1-2H3,(H3,11,12,13,14). The summed E-state index contributed by atoms with van der Waals surface area (Å²) in [5.41, 5.74) is 6.50. The van der Waals surface area contributed by atoms with Crippen LogP contribution in [0.5, 0.6) is 0 Å². The third-order valence-corrected chi connectivity index (χ3v) is 2.04. The van der Waals surface area contributed by atoms with Crippen molar-refractivity contribution in [2.24, 2.45) is 0 Å². The summed E-state index contributed by atoms with van der Waals surface area (Å²) >= 11 is 0. The topological polar surface area (TPSA) is 90.1 Å². The van der Waals surface area contributed by atoms with E-state index in [9.17, 15) is 4.79 Å². The predicted molar refractivity (Wildman–Crippen MR) is 60.9 cm³/mol. The third-order valence-electron chi connectivity index (χ3n) is 2.04. The fraction of sp³-hybridized carbons (Fsp3) is 0.500. The van der Waals surface area contributed by atoms with E-state index in [4.69, 9.17) is 10.5 Å². The number of ether oxygens (including phenoxy) is 1. The number of nitrogens with two attached hydrogens (primary N) is 1. The molecule has 1 aromatic heterocycles. The molecule has 0 saturated carbocycles. The first-order chi connectivity index (χ1) is 7.69. The molecule has 1 rings (SSSR count). The van der Waals surface area contributed by atoms with Gasteiger partial charge in [0.05, 0.1) is 6.61 Å². The predicted octanol–water partition coefficient (Wildman–Crippen LogP) is 0.596. The smallest absolute Gasteiger partial charge is 0.325 e.